The number of nitrogen functional groups attached to an aromatic ring is 2. The normalized spacial score (nSPS) is 12.3. The van der Waals surface area contributed by atoms with Gasteiger partial charge in [0.2, 0.25) is 24.2 Å². The van der Waals surface area contributed by atoms with Gasteiger partial charge in [0.15, 0.2) is 11.5 Å². The molecule has 2 atom stereocenters. The lowest BCUT2D eigenvalue weighted by Gasteiger charge is -2.20. The number of hydrogen-bond acceptors (Lipinski definition) is 11. The molecule has 1 heterocycles. The summed E-state index contributed by atoms with van der Waals surface area (Å²) in [4.78, 5) is 76.2. The molecule has 0 radical (unpaired) electrons. The van der Waals surface area contributed by atoms with Gasteiger partial charge >= 0.3 is 11.9 Å². The summed E-state index contributed by atoms with van der Waals surface area (Å²) in [7, 11) is 0. The van der Waals surface area contributed by atoms with Crippen LogP contribution in [-0.4, -0.2) is 87.0 Å². The van der Waals surface area contributed by atoms with Crippen LogP contribution in [0.3, 0.4) is 0 Å². The van der Waals surface area contributed by atoms with E-state index in [4.69, 9.17) is 27.4 Å². The standard InChI is InChI=1S/C17H26N8O8S/c18-8(16(32)33)1-2-10(27)22-9(14(30)21-5-11(28)29)6-34-4-3-25(7-26)12-13(19)23-17(20)24-15(12)31/h7-9H,1-6,18H2,(H,21,30)(H,22,27)(H,28,29)(H,32,33)(H5,19,20,23,24,31)/t8-,9-/m0/s1. The minimum atomic E-state index is -1.29. The van der Waals surface area contributed by atoms with E-state index < -0.39 is 47.9 Å². The van der Waals surface area contributed by atoms with Gasteiger partial charge in [-0.05, 0) is 6.42 Å². The predicted molar refractivity (Wildman–Crippen MR) is 122 cm³/mol. The van der Waals surface area contributed by atoms with Crippen molar-refractivity contribution in [2.45, 2.75) is 24.9 Å². The first-order valence-corrected chi connectivity index (χ1v) is 10.8. The van der Waals surface area contributed by atoms with Crippen molar-refractivity contribution in [2.24, 2.45) is 5.73 Å². The van der Waals surface area contributed by atoms with Crippen LogP contribution in [0.25, 0.3) is 0 Å². The zero-order valence-corrected chi connectivity index (χ0v) is 18.7. The number of carbonyl (C=O) groups excluding carboxylic acids is 3. The molecule has 3 amide bonds. The Labute approximate surface area is 196 Å². The number of aromatic nitrogens is 2. The highest BCUT2D eigenvalue weighted by Gasteiger charge is 2.23. The molecule has 16 nitrogen and oxygen atoms in total. The summed E-state index contributed by atoms with van der Waals surface area (Å²) in [5.74, 6) is -4.32. The quantitative estimate of drug-likeness (QED) is 0.0854. The van der Waals surface area contributed by atoms with E-state index in [9.17, 15) is 28.8 Å². The van der Waals surface area contributed by atoms with Gasteiger partial charge in [-0.15, -0.1) is 0 Å². The minimum Gasteiger partial charge on any atom is -0.480 e. The number of rotatable bonds is 15. The molecule has 0 aliphatic carbocycles. The van der Waals surface area contributed by atoms with Crippen LogP contribution in [0.2, 0.25) is 0 Å². The van der Waals surface area contributed by atoms with Gasteiger partial charge in [-0.25, -0.2) is 0 Å². The van der Waals surface area contributed by atoms with Crippen LogP contribution >= 0.6 is 11.8 Å². The van der Waals surface area contributed by atoms with Crippen molar-refractivity contribution in [2.75, 3.05) is 41.0 Å². The molecule has 1 aromatic rings. The van der Waals surface area contributed by atoms with Crippen LogP contribution in [0, 0.1) is 0 Å². The third-order valence-electron chi connectivity index (χ3n) is 4.18. The number of nitrogens with zero attached hydrogens (tertiary/aromatic N) is 2. The third-order valence-corrected chi connectivity index (χ3v) is 5.22. The van der Waals surface area contributed by atoms with E-state index in [-0.39, 0.29) is 48.3 Å². The Kier molecular flexibility index (Phi) is 11.3. The Morgan fingerprint density at radius 2 is 1.91 bits per heavy atom. The molecular weight excluding hydrogens is 476 g/mol. The van der Waals surface area contributed by atoms with Gasteiger partial charge in [-0.1, -0.05) is 0 Å². The molecule has 0 unspecified atom stereocenters. The third kappa shape index (κ3) is 9.33. The van der Waals surface area contributed by atoms with Crippen molar-refractivity contribution in [1.29, 1.82) is 0 Å². The predicted octanol–water partition coefficient (Wildman–Crippen LogP) is -3.49. The summed E-state index contributed by atoms with van der Waals surface area (Å²) < 4.78 is 0. The second-order valence-electron chi connectivity index (χ2n) is 6.77. The summed E-state index contributed by atoms with van der Waals surface area (Å²) in [5.41, 5.74) is 15.5. The van der Waals surface area contributed by atoms with Crippen LogP contribution in [0.5, 0.6) is 0 Å². The number of carboxylic acid groups (broad SMARTS) is 2. The van der Waals surface area contributed by atoms with E-state index in [1.165, 1.54) is 0 Å². The largest absolute Gasteiger partial charge is 0.480 e. The monoisotopic (exact) mass is 502 g/mol. The van der Waals surface area contributed by atoms with Crippen molar-refractivity contribution in [3.05, 3.63) is 10.4 Å². The number of carbonyl (C=O) groups is 5. The first kappa shape index (κ1) is 28.2. The maximum atomic E-state index is 12.3. The lowest BCUT2D eigenvalue weighted by atomic mass is 10.1. The average Bonchev–Trinajstić information content (AvgIpc) is 2.75. The number of thioether (sulfide) groups is 1. The number of amides is 3. The second-order valence-corrected chi connectivity index (χ2v) is 7.92. The average molecular weight is 503 g/mol. The molecule has 0 fully saturated rings. The van der Waals surface area contributed by atoms with Gasteiger partial charge in [0, 0.05) is 24.5 Å². The first-order valence-electron chi connectivity index (χ1n) is 9.68. The van der Waals surface area contributed by atoms with E-state index in [0.29, 0.717) is 6.41 Å². The molecule has 1 rings (SSSR count). The number of aliphatic carboxylic acids is 2. The molecule has 0 saturated carbocycles. The summed E-state index contributed by atoms with van der Waals surface area (Å²) >= 11 is 1.11. The molecule has 0 aliphatic rings. The molecule has 0 saturated heterocycles. The van der Waals surface area contributed by atoms with E-state index in [1.807, 2.05) is 0 Å². The topological polar surface area (TPSA) is 277 Å². The van der Waals surface area contributed by atoms with Crippen molar-refractivity contribution in [3.8, 4) is 0 Å². The zero-order chi connectivity index (χ0) is 25.8. The summed E-state index contributed by atoms with van der Waals surface area (Å²) in [5, 5.41) is 22.0. The van der Waals surface area contributed by atoms with Crippen molar-refractivity contribution in [3.63, 3.8) is 0 Å². The first-order chi connectivity index (χ1) is 16.0. The maximum Gasteiger partial charge on any atom is 0.322 e. The van der Waals surface area contributed by atoms with E-state index in [1.54, 1.807) is 0 Å². The molecule has 17 heteroatoms. The fourth-order valence-electron chi connectivity index (χ4n) is 2.51. The van der Waals surface area contributed by atoms with Crippen LogP contribution in [0.1, 0.15) is 12.8 Å². The van der Waals surface area contributed by atoms with Gasteiger partial charge < -0.3 is 42.9 Å². The Balaban J connectivity index is 2.74. The lowest BCUT2D eigenvalue weighted by molar-refractivity contribution is -0.139. The van der Waals surface area contributed by atoms with Crippen molar-refractivity contribution in [1.82, 2.24) is 20.6 Å². The number of hydrogen-bond donors (Lipinski definition) is 8. The fraction of sp³-hybridized carbons (Fsp3) is 0.471. The highest BCUT2D eigenvalue weighted by Crippen LogP contribution is 2.15. The summed E-state index contributed by atoms with van der Waals surface area (Å²) in [6.07, 6.45) is -0.0759. The maximum absolute atomic E-state index is 12.3. The van der Waals surface area contributed by atoms with Gasteiger partial charge in [0.05, 0.1) is 0 Å². The van der Waals surface area contributed by atoms with Crippen LogP contribution in [0.15, 0.2) is 4.79 Å². The number of anilines is 3. The molecule has 188 valence electrons. The second kappa shape index (κ2) is 13.6. The summed E-state index contributed by atoms with van der Waals surface area (Å²) in [6, 6.07) is -2.42. The Bertz CT molecular complexity index is 971. The molecule has 0 aliphatic heterocycles. The number of carboxylic acids is 2. The van der Waals surface area contributed by atoms with E-state index in [2.05, 4.69) is 20.6 Å². The van der Waals surface area contributed by atoms with Gasteiger partial charge in [-0.3, -0.25) is 33.8 Å². The number of nitrogens with one attached hydrogen (secondary N) is 3. The molecule has 0 aromatic carbocycles. The SMILES string of the molecule is Nc1nc(N)c(N(C=O)CCSC[C@H](NC(=O)CC[C@H](N)C(=O)O)C(=O)NCC(=O)O)c(=O)[nH]1. The van der Waals surface area contributed by atoms with Gasteiger partial charge in [0.1, 0.15) is 18.6 Å². The zero-order valence-electron chi connectivity index (χ0n) is 17.9. The molecular formula is C17H26N8O8S. The van der Waals surface area contributed by atoms with Crippen molar-refractivity contribution < 1.29 is 34.2 Å². The van der Waals surface area contributed by atoms with Gasteiger partial charge in [0.25, 0.3) is 5.56 Å². The number of H-pyrrole nitrogens is 1. The molecule has 34 heavy (non-hydrogen) atoms. The highest BCUT2D eigenvalue weighted by atomic mass is 32.2. The Hall–Kier alpha value is -3.86. The van der Waals surface area contributed by atoms with E-state index in [0.717, 1.165) is 16.7 Å². The smallest absolute Gasteiger partial charge is 0.322 e. The number of nitrogens with two attached hydrogens (primary N) is 3. The Morgan fingerprint density at radius 1 is 1.24 bits per heavy atom. The Morgan fingerprint density at radius 3 is 2.47 bits per heavy atom. The molecule has 0 bridgehead atoms. The van der Waals surface area contributed by atoms with Gasteiger partial charge in [-0.2, -0.15) is 16.7 Å². The van der Waals surface area contributed by atoms with E-state index >= 15 is 0 Å². The van der Waals surface area contributed by atoms with Crippen LogP contribution < -0.4 is 38.3 Å². The van der Waals surface area contributed by atoms with Crippen LogP contribution in [0.4, 0.5) is 17.5 Å². The molecule has 0 spiro atoms. The number of aromatic amines is 1. The molecule has 11 N–H and O–H groups in total. The highest BCUT2D eigenvalue weighted by molar-refractivity contribution is 7.99. The van der Waals surface area contributed by atoms with Crippen LogP contribution in [-0.2, 0) is 24.0 Å². The van der Waals surface area contributed by atoms with Crippen molar-refractivity contribution >= 4 is 59.4 Å². The lowest BCUT2D eigenvalue weighted by Crippen LogP contribution is -2.49. The fourth-order valence-corrected chi connectivity index (χ4v) is 3.47. The summed E-state index contributed by atoms with van der Waals surface area (Å²) in [6.45, 7) is -0.692. The minimum absolute atomic E-state index is 0.0160. The molecule has 1 aromatic heterocycles.